The van der Waals surface area contributed by atoms with Gasteiger partial charge in [0.2, 0.25) is 9.84 Å². The number of sulfone groups is 1. The molecule has 0 unspecified atom stereocenters. The summed E-state index contributed by atoms with van der Waals surface area (Å²) >= 11 is 0. The van der Waals surface area contributed by atoms with E-state index in [2.05, 4.69) is 9.97 Å². The number of nitrogens with zero attached hydrogens (tertiary/aromatic N) is 2. The minimum atomic E-state index is -3.75. The monoisotopic (exact) mass is 264 g/mol. The van der Waals surface area contributed by atoms with Gasteiger partial charge in [-0.15, -0.1) is 0 Å². The largest absolute Gasteiger partial charge is 0.478 e. The molecule has 0 aliphatic heterocycles. The second-order valence-corrected chi connectivity index (χ2v) is 5.27. The van der Waals surface area contributed by atoms with Crippen LogP contribution in [-0.4, -0.2) is 29.5 Å². The Morgan fingerprint density at radius 3 is 2.28 bits per heavy atom. The zero-order valence-corrected chi connectivity index (χ0v) is 9.83. The molecule has 18 heavy (non-hydrogen) atoms. The number of hydrogen-bond donors (Lipinski definition) is 1. The van der Waals surface area contributed by atoms with Crippen molar-refractivity contribution in [2.24, 2.45) is 0 Å². The number of carboxylic acid groups (broad SMARTS) is 1. The molecule has 92 valence electrons. The van der Waals surface area contributed by atoms with Gasteiger partial charge in [-0.25, -0.2) is 18.2 Å². The molecule has 0 saturated heterocycles. The van der Waals surface area contributed by atoms with Crippen molar-refractivity contribution < 1.29 is 18.3 Å². The zero-order chi connectivity index (χ0) is 13.2. The molecule has 2 aromatic rings. The second-order valence-electron chi connectivity index (χ2n) is 3.38. The van der Waals surface area contributed by atoms with Gasteiger partial charge in [-0.2, -0.15) is 0 Å². The maximum absolute atomic E-state index is 12.1. The van der Waals surface area contributed by atoms with Crippen LogP contribution >= 0.6 is 0 Å². The van der Waals surface area contributed by atoms with E-state index in [0.29, 0.717) is 0 Å². The molecule has 1 heterocycles. The normalized spacial score (nSPS) is 11.1. The summed E-state index contributed by atoms with van der Waals surface area (Å²) in [5.41, 5.74) is 0.0214. The van der Waals surface area contributed by atoms with E-state index in [1.807, 2.05) is 0 Å². The van der Waals surface area contributed by atoms with Crippen molar-refractivity contribution in [1.29, 1.82) is 0 Å². The number of benzene rings is 1. The number of aromatic carboxylic acids is 1. The molecule has 0 spiro atoms. The van der Waals surface area contributed by atoms with E-state index in [0.717, 1.165) is 6.20 Å². The third kappa shape index (κ3) is 2.21. The van der Waals surface area contributed by atoms with Crippen LogP contribution in [0.4, 0.5) is 0 Å². The molecule has 0 saturated carbocycles. The van der Waals surface area contributed by atoms with Crippen LogP contribution in [0.15, 0.2) is 52.8 Å². The van der Waals surface area contributed by atoms with Crippen LogP contribution in [-0.2, 0) is 9.84 Å². The molecule has 1 aromatic carbocycles. The Labute approximate surface area is 103 Å². The molecule has 0 aliphatic carbocycles. The van der Waals surface area contributed by atoms with Gasteiger partial charge in [0, 0.05) is 12.4 Å². The van der Waals surface area contributed by atoms with E-state index in [4.69, 9.17) is 5.11 Å². The van der Waals surface area contributed by atoms with Gasteiger partial charge in [-0.1, -0.05) is 0 Å². The third-order valence-electron chi connectivity index (χ3n) is 2.23. The van der Waals surface area contributed by atoms with Gasteiger partial charge >= 0.3 is 5.97 Å². The number of rotatable bonds is 3. The van der Waals surface area contributed by atoms with Gasteiger partial charge < -0.3 is 5.11 Å². The summed E-state index contributed by atoms with van der Waals surface area (Å²) in [6, 6.07) is 4.91. The van der Waals surface area contributed by atoms with Gasteiger partial charge in [-0.05, 0) is 24.3 Å². The third-order valence-corrected chi connectivity index (χ3v) is 3.88. The van der Waals surface area contributed by atoms with Gasteiger partial charge in [0.05, 0.1) is 16.7 Å². The van der Waals surface area contributed by atoms with Crippen LogP contribution < -0.4 is 0 Å². The van der Waals surface area contributed by atoms with Crippen LogP contribution in [0, 0.1) is 0 Å². The topological polar surface area (TPSA) is 97.2 Å². The van der Waals surface area contributed by atoms with Crippen LogP contribution in [0.2, 0.25) is 0 Å². The number of hydrogen-bond acceptors (Lipinski definition) is 5. The molecule has 2 rings (SSSR count). The summed E-state index contributed by atoms with van der Waals surface area (Å²) in [4.78, 5) is 18.0. The summed E-state index contributed by atoms with van der Waals surface area (Å²) in [5.74, 6) is -1.11. The summed E-state index contributed by atoms with van der Waals surface area (Å²) in [5, 5.41) is 8.55. The number of aromatic nitrogens is 2. The van der Waals surface area contributed by atoms with Gasteiger partial charge in [0.1, 0.15) is 0 Å². The molecular formula is C11H8N2O4S. The van der Waals surface area contributed by atoms with E-state index in [9.17, 15) is 13.2 Å². The average Bonchev–Trinajstić information content (AvgIpc) is 2.40. The molecule has 0 fully saturated rings. The van der Waals surface area contributed by atoms with Crippen molar-refractivity contribution in [2.45, 2.75) is 9.92 Å². The lowest BCUT2D eigenvalue weighted by atomic mass is 10.2. The van der Waals surface area contributed by atoms with Crippen molar-refractivity contribution >= 4 is 15.8 Å². The average molecular weight is 264 g/mol. The van der Waals surface area contributed by atoms with Crippen LogP contribution in [0.3, 0.4) is 0 Å². The Morgan fingerprint density at radius 2 is 1.78 bits per heavy atom. The highest BCUT2D eigenvalue weighted by Gasteiger charge is 2.19. The Bertz CT molecular complexity index is 666. The van der Waals surface area contributed by atoms with Crippen molar-refractivity contribution in [3.8, 4) is 0 Å². The number of carboxylic acids is 1. The van der Waals surface area contributed by atoms with Crippen molar-refractivity contribution in [1.82, 2.24) is 9.97 Å². The summed E-state index contributed by atoms with van der Waals surface area (Å²) in [7, 11) is -3.75. The van der Waals surface area contributed by atoms with Gasteiger partial charge in [0.25, 0.3) is 0 Å². The number of carbonyl (C=O) groups is 1. The SMILES string of the molecule is O=C(O)c1ccc(S(=O)(=O)c2cnccn2)cc1. The quantitative estimate of drug-likeness (QED) is 0.888. The lowest BCUT2D eigenvalue weighted by Gasteiger charge is -2.03. The fourth-order valence-electron chi connectivity index (χ4n) is 1.32. The Hall–Kier alpha value is -2.28. The fourth-order valence-corrected chi connectivity index (χ4v) is 2.46. The first kappa shape index (κ1) is 12.2. The minimum absolute atomic E-state index is 0.0204. The molecule has 0 bridgehead atoms. The van der Waals surface area contributed by atoms with Gasteiger partial charge in [0.15, 0.2) is 5.03 Å². The molecule has 0 amide bonds. The maximum atomic E-state index is 12.1. The minimum Gasteiger partial charge on any atom is -0.478 e. The molecule has 0 radical (unpaired) electrons. The van der Waals surface area contributed by atoms with E-state index in [1.165, 1.54) is 36.7 Å². The summed E-state index contributed by atoms with van der Waals surface area (Å²) < 4.78 is 24.1. The van der Waals surface area contributed by atoms with E-state index in [1.54, 1.807) is 0 Å². The first-order valence-electron chi connectivity index (χ1n) is 4.86. The highest BCUT2D eigenvalue weighted by Crippen LogP contribution is 2.18. The second kappa shape index (κ2) is 4.53. The van der Waals surface area contributed by atoms with Crippen LogP contribution in [0.25, 0.3) is 0 Å². The summed E-state index contributed by atoms with van der Waals surface area (Å²) in [6.07, 6.45) is 3.78. The Kier molecular flexibility index (Phi) is 3.07. The van der Waals surface area contributed by atoms with Crippen molar-refractivity contribution in [2.75, 3.05) is 0 Å². The lowest BCUT2D eigenvalue weighted by Crippen LogP contribution is -2.05. The fraction of sp³-hybridized carbons (Fsp3) is 0. The van der Waals surface area contributed by atoms with Crippen molar-refractivity contribution in [3.63, 3.8) is 0 Å². The smallest absolute Gasteiger partial charge is 0.335 e. The predicted molar refractivity (Wildman–Crippen MR) is 60.9 cm³/mol. The molecule has 1 aromatic heterocycles. The molecular weight excluding hydrogens is 256 g/mol. The van der Waals surface area contributed by atoms with Gasteiger partial charge in [-0.3, -0.25) is 4.98 Å². The first-order chi connectivity index (χ1) is 8.51. The summed E-state index contributed by atoms with van der Waals surface area (Å²) in [6.45, 7) is 0. The maximum Gasteiger partial charge on any atom is 0.335 e. The predicted octanol–water partition coefficient (Wildman–Crippen LogP) is 1.01. The van der Waals surface area contributed by atoms with E-state index < -0.39 is 15.8 Å². The zero-order valence-electron chi connectivity index (χ0n) is 9.02. The highest BCUT2D eigenvalue weighted by molar-refractivity contribution is 7.91. The lowest BCUT2D eigenvalue weighted by molar-refractivity contribution is 0.0697. The first-order valence-corrected chi connectivity index (χ1v) is 6.34. The molecule has 7 heteroatoms. The molecule has 1 N–H and O–H groups in total. The Morgan fingerprint density at radius 1 is 1.11 bits per heavy atom. The van der Waals surface area contributed by atoms with Crippen LogP contribution in [0.5, 0.6) is 0 Å². The van der Waals surface area contributed by atoms with E-state index in [-0.39, 0.29) is 15.5 Å². The molecule has 6 nitrogen and oxygen atoms in total. The Balaban J connectivity index is 2.46. The van der Waals surface area contributed by atoms with E-state index >= 15 is 0 Å². The standard InChI is InChI=1S/C11H8N2O4S/c14-11(15)8-1-3-9(4-2-8)18(16,17)10-7-12-5-6-13-10/h1-7H,(H,14,15). The van der Waals surface area contributed by atoms with Crippen LogP contribution in [0.1, 0.15) is 10.4 Å². The highest BCUT2D eigenvalue weighted by atomic mass is 32.2. The molecule has 0 aliphatic rings. The van der Waals surface area contributed by atoms with Crippen molar-refractivity contribution in [3.05, 3.63) is 48.4 Å². The molecule has 0 atom stereocenters.